The Labute approximate surface area is 198 Å². The number of halogens is 3. The molecule has 1 amide bonds. The fraction of sp³-hybridized carbons (Fsp3) is 0.250. The van der Waals surface area contributed by atoms with Gasteiger partial charge in [-0.25, -0.2) is 14.4 Å². The van der Waals surface area contributed by atoms with Gasteiger partial charge in [0.05, 0.1) is 29.0 Å². The molecule has 0 bridgehead atoms. The maximum Gasteiger partial charge on any atom is 0.387 e. The van der Waals surface area contributed by atoms with Crippen molar-refractivity contribution < 1.29 is 22.7 Å². The van der Waals surface area contributed by atoms with Gasteiger partial charge < -0.3 is 15.8 Å². The standard InChI is InChI=1S/C24H21F3N6O2/c25-15-10-30-24(31-11-15)33-12-17(13-3-1-4-16(7-13)35-23(26)27)21-20(33)8-14(9-29-21)22(34)32-19-6-2-5-18(19)28/h1,3-4,7-12,18-19,23H,2,5-6,28H2,(H,32,34)/t18-,19+/m0/s1. The van der Waals surface area contributed by atoms with Crippen molar-refractivity contribution in [3.63, 3.8) is 0 Å². The lowest BCUT2D eigenvalue weighted by Crippen LogP contribution is -2.44. The molecular formula is C24H21F3N6O2. The van der Waals surface area contributed by atoms with Crippen molar-refractivity contribution in [2.75, 3.05) is 0 Å². The summed E-state index contributed by atoms with van der Waals surface area (Å²) in [6, 6.07) is 7.60. The molecule has 1 saturated carbocycles. The number of carbonyl (C=O) groups is 1. The SMILES string of the molecule is N[C@H]1CCC[C@H]1NC(=O)c1cnc2c(-c3cccc(OC(F)F)c3)cn(-c3ncc(F)cn3)c2c1. The fourth-order valence-electron chi connectivity index (χ4n) is 4.29. The molecule has 2 atom stereocenters. The Balaban J connectivity index is 1.60. The Morgan fingerprint density at radius 1 is 1.14 bits per heavy atom. The number of nitrogens with zero attached hydrogens (tertiary/aromatic N) is 4. The number of rotatable bonds is 6. The Morgan fingerprint density at radius 3 is 2.66 bits per heavy atom. The number of hydrogen-bond donors (Lipinski definition) is 2. The van der Waals surface area contributed by atoms with Crippen LogP contribution >= 0.6 is 0 Å². The molecule has 0 unspecified atom stereocenters. The molecule has 3 aromatic heterocycles. The lowest BCUT2D eigenvalue weighted by molar-refractivity contribution is -0.0498. The predicted octanol–water partition coefficient (Wildman–Crippen LogP) is 3.83. The van der Waals surface area contributed by atoms with Gasteiger partial charge in [0.15, 0.2) is 5.82 Å². The van der Waals surface area contributed by atoms with Gasteiger partial charge in [0, 0.05) is 30.0 Å². The highest BCUT2D eigenvalue weighted by atomic mass is 19.3. The predicted molar refractivity (Wildman–Crippen MR) is 122 cm³/mol. The highest BCUT2D eigenvalue weighted by Crippen LogP contribution is 2.33. The molecule has 0 radical (unpaired) electrons. The van der Waals surface area contributed by atoms with Gasteiger partial charge in [0.25, 0.3) is 5.91 Å². The number of alkyl halides is 2. The van der Waals surface area contributed by atoms with Gasteiger partial charge >= 0.3 is 6.61 Å². The summed E-state index contributed by atoms with van der Waals surface area (Å²) in [6.07, 6.45) is 7.75. The van der Waals surface area contributed by atoms with E-state index in [4.69, 9.17) is 5.73 Å². The zero-order chi connectivity index (χ0) is 24.5. The van der Waals surface area contributed by atoms with Crippen LogP contribution in [0.5, 0.6) is 5.75 Å². The zero-order valence-corrected chi connectivity index (χ0v) is 18.4. The summed E-state index contributed by atoms with van der Waals surface area (Å²) < 4.78 is 45.0. The Bertz CT molecular complexity index is 1380. The minimum atomic E-state index is -2.97. The summed E-state index contributed by atoms with van der Waals surface area (Å²) >= 11 is 0. The Kier molecular flexibility index (Phi) is 6.08. The van der Waals surface area contributed by atoms with Crippen molar-refractivity contribution in [1.29, 1.82) is 0 Å². The average molecular weight is 482 g/mol. The van der Waals surface area contributed by atoms with E-state index in [2.05, 4.69) is 25.0 Å². The molecule has 5 rings (SSSR count). The van der Waals surface area contributed by atoms with Crippen LogP contribution in [0.25, 0.3) is 28.1 Å². The summed E-state index contributed by atoms with van der Waals surface area (Å²) in [4.78, 5) is 25.5. The number of aromatic nitrogens is 4. The third-order valence-corrected chi connectivity index (χ3v) is 5.98. The van der Waals surface area contributed by atoms with Crippen molar-refractivity contribution in [3.8, 4) is 22.8 Å². The van der Waals surface area contributed by atoms with E-state index in [-0.39, 0.29) is 29.7 Å². The van der Waals surface area contributed by atoms with Gasteiger partial charge in [-0.2, -0.15) is 8.78 Å². The summed E-state index contributed by atoms with van der Waals surface area (Å²) in [6.45, 7) is -2.97. The first kappa shape index (κ1) is 22.8. The average Bonchev–Trinajstić information content (AvgIpc) is 3.42. The van der Waals surface area contributed by atoms with Crippen molar-refractivity contribution in [3.05, 3.63) is 66.5 Å². The molecule has 3 N–H and O–H groups in total. The first-order valence-corrected chi connectivity index (χ1v) is 11.0. The van der Waals surface area contributed by atoms with Gasteiger partial charge in [-0.3, -0.25) is 14.3 Å². The third-order valence-electron chi connectivity index (χ3n) is 5.98. The molecule has 0 aliphatic heterocycles. The lowest BCUT2D eigenvalue weighted by atomic mass is 10.1. The van der Waals surface area contributed by atoms with Crippen molar-refractivity contribution >= 4 is 16.9 Å². The molecular weight excluding hydrogens is 461 g/mol. The summed E-state index contributed by atoms with van der Waals surface area (Å²) in [5.41, 5.74) is 8.46. The fourth-order valence-corrected chi connectivity index (χ4v) is 4.29. The summed E-state index contributed by atoms with van der Waals surface area (Å²) in [5.74, 6) is -0.781. The summed E-state index contributed by atoms with van der Waals surface area (Å²) in [5, 5.41) is 2.96. The van der Waals surface area contributed by atoms with E-state index >= 15 is 0 Å². The number of amides is 1. The molecule has 0 spiro atoms. The molecule has 3 heterocycles. The Morgan fingerprint density at radius 2 is 1.94 bits per heavy atom. The number of nitrogens with one attached hydrogen (secondary N) is 1. The van der Waals surface area contributed by atoms with Gasteiger partial charge in [0.1, 0.15) is 5.75 Å². The second-order valence-corrected chi connectivity index (χ2v) is 8.29. The van der Waals surface area contributed by atoms with E-state index < -0.39 is 12.4 Å². The first-order chi connectivity index (χ1) is 16.9. The van der Waals surface area contributed by atoms with E-state index in [0.717, 1.165) is 31.7 Å². The number of pyridine rings is 1. The number of nitrogens with two attached hydrogens (primary N) is 1. The highest BCUT2D eigenvalue weighted by Gasteiger charge is 2.26. The summed E-state index contributed by atoms with van der Waals surface area (Å²) in [7, 11) is 0. The topological polar surface area (TPSA) is 108 Å². The molecule has 1 aromatic carbocycles. The maximum absolute atomic E-state index is 13.4. The monoisotopic (exact) mass is 482 g/mol. The smallest absolute Gasteiger partial charge is 0.387 e. The minimum absolute atomic E-state index is 0.0136. The quantitative estimate of drug-likeness (QED) is 0.433. The molecule has 35 heavy (non-hydrogen) atoms. The highest BCUT2D eigenvalue weighted by molar-refractivity contribution is 6.00. The van der Waals surface area contributed by atoms with Crippen LogP contribution in [-0.4, -0.2) is 44.1 Å². The number of carbonyl (C=O) groups excluding carboxylic acids is 1. The van der Waals surface area contributed by atoms with Crippen LogP contribution in [0.1, 0.15) is 29.6 Å². The third kappa shape index (κ3) is 4.67. The van der Waals surface area contributed by atoms with Gasteiger partial charge in [0.2, 0.25) is 5.95 Å². The zero-order valence-electron chi connectivity index (χ0n) is 18.4. The molecule has 8 nitrogen and oxygen atoms in total. The Hall–Kier alpha value is -3.99. The van der Waals surface area contributed by atoms with Gasteiger partial charge in [-0.05, 0) is 43.0 Å². The second-order valence-electron chi connectivity index (χ2n) is 8.29. The molecule has 1 aliphatic carbocycles. The van der Waals surface area contributed by atoms with Crippen LogP contribution in [0.2, 0.25) is 0 Å². The molecule has 1 aliphatic rings. The van der Waals surface area contributed by atoms with Gasteiger partial charge in [-0.15, -0.1) is 0 Å². The molecule has 0 saturated heterocycles. The second kappa shape index (κ2) is 9.34. The van der Waals surface area contributed by atoms with E-state index in [1.54, 1.807) is 29.0 Å². The minimum Gasteiger partial charge on any atom is -0.435 e. The van der Waals surface area contributed by atoms with Crippen LogP contribution in [0.4, 0.5) is 13.2 Å². The number of hydrogen-bond acceptors (Lipinski definition) is 6. The van der Waals surface area contributed by atoms with E-state index in [1.165, 1.54) is 18.3 Å². The van der Waals surface area contributed by atoms with Crippen LogP contribution in [0, 0.1) is 5.82 Å². The van der Waals surface area contributed by atoms with Crippen LogP contribution < -0.4 is 15.8 Å². The number of benzene rings is 1. The van der Waals surface area contributed by atoms with Crippen LogP contribution in [0.3, 0.4) is 0 Å². The van der Waals surface area contributed by atoms with E-state index in [0.29, 0.717) is 27.7 Å². The first-order valence-electron chi connectivity index (χ1n) is 11.0. The lowest BCUT2D eigenvalue weighted by Gasteiger charge is -2.17. The number of fused-ring (bicyclic) bond motifs is 1. The molecule has 1 fully saturated rings. The van der Waals surface area contributed by atoms with E-state index in [1.807, 2.05) is 0 Å². The molecule has 4 aromatic rings. The van der Waals surface area contributed by atoms with Crippen LogP contribution in [-0.2, 0) is 0 Å². The van der Waals surface area contributed by atoms with E-state index in [9.17, 15) is 18.0 Å². The van der Waals surface area contributed by atoms with Crippen molar-refractivity contribution in [2.45, 2.75) is 38.0 Å². The molecule has 180 valence electrons. The van der Waals surface area contributed by atoms with Crippen molar-refractivity contribution in [1.82, 2.24) is 24.8 Å². The van der Waals surface area contributed by atoms with Crippen LogP contribution in [0.15, 0.2) is 55.1 Å². The van der Waals surface area contributed by atoms with Gasteiger partial charge in [-0.1, -0.05) is 12.1 Å². The van der Waals surface area contributed by atoms with Crippen molar-refractivity contribution in [2.24, 2.45) is 5.73 Å². The number of ether oxygens (including phenoxy) is 1. The normalized spacial score (nSPS) is 17.7. The molecule has 11 heteroatoms. The maximum atomic E-state index is 13.4. The largest absolute Gasteiger partial charge is 0.435 e.